The van der Waals surface area contributed by atoms with Gasteiger partial charge in [-0.05, 0) is 60.7 Å². The molecule has 4 rings (SSSR count). The number of hydrogen-bond donors (Lipinski definition) is 1. The van der Waals surface area contributed by atoms with Crippen LogP contribution in [-0.2, 0) is 22.5 Å². The Hall–Kier alpha value is -2.37. The Bertz CT molecular complexity index is 1050. The Morgan fingerprint density at radius 3 is 2.50 bits per heavy atom. The van der Waals surface area contributed by atoms with Gasteiger partial charge in [-0.1, -0.05) is 66.2 Å². The second-order valence-corrected chi connectivity index (χ2v) is 9.58. The molecule has 1 fully saturated rings. The predicted molar refractivity (Wildman–Crippen MR) is 135 cm³/mol. The van der Waals surface area contributed by atoms with Gasteiger partial charge in [-0.15, -0.1) is 0 Å². The summed E-state index contributed by atoms with van der Waals surface area (Å²) in [6, 6.07) is 24.4. The summed E-state index contributed by atoms with van der Waals surface area (Å²) in [5.74, 6) is 0.867. The number of halogens is 1. The van der Waals surface area contributed by atoms with Gasteiger partial charge < -0.3 is 19.3 Å². The van der Waals surface area contributed by atoms with Crippen LogP contribution in [-0.4, -0.2) is 30.0 Å². The van der Waals surface area contributed by atoms with Crippen molar-refractivity contribution < 1.29 is 19.3 Å². The lowest BCUT2D eigenvalue weighted by Crippen LogP contribution is -2.44. The molecule has 0 aliphatic carbocycles. The van der Waals surface area contributed by atoms with Gasteiger partial charge in [0.05, 0.1) is 37.6 Å². The molecular weight excluding hydrogens is 448 g/mol. The highest BCUT2D eigenvalue weighted by atomic mass is 35.5. The molecule has 0 saturated carbocycles. The molecule has 1 saturated heterocycles. The molecule has 0 spiro atoms. The van der Waals surface area contributed by atoms with Crippen molar-refractivity contribution in [3.05, 3.63) is 100 Å². The topological polar surface area (TPSA) is 47.9 Å². The molecule has 0 bridgehead atoms. The molecule has 34 heavy (non-hydrogen) atoms. The van der Waals surface area contributed by atoms with Gasteiger partial charge in [0.15, 0.2) is 0 Å². The van der Waals surface area contributed by atoms with E-state index in [1.54, 1.807) is 0 Å². The van der Waals surface area contributed by atoms with Gasteiger partial charge in [0.2, 0.25) is 0 Å². The van der Waals surface area contributed by atoms with Crippen LogP contribution in [0, 0.1) is 0 Å². The first-order valence-electron chi connectivity index (χ1n) is 11.9. The van der Waals surface area contributed by atoms with Gasteiger partial charge in [-0.25, -0.2) is 0 Å². The first-order valence-corrected chi connectivity index (χ1v) is 12.3. The van der Waals surface area contributed by atoms with Crippen LogP contribution < -0.4 is 4.74 Å². The van der Waals surface area contributed by atoms with E-state index in [9.17, 15) is 5.11 Å². The SMILES string of the molecule is CCOc1ccc(Cc2cc(C3CC(OCc4ccccc4)C[C@@](C)(CO)O3)ccc2Cl)cc1. The van der Waals surface area contributed by atoms with E-state index in [1.165, 1.54) is 0 Å². The first kappa shape index (κ1) is 24.7. The molecule has 2 unspecified atom stereocenters. The van der Waals surface area contributed by atoms with Crippen molar-refractivity contribution in [3.8, 4) is 5.75 Å². The maximum Gasteiger partial charge on any atom is 0.119 e. The first-order chi connectivity index (χ1) is 16.5. The highest BCUT2D eigenvalue weighted by molar-refractivity contribution is 6.31. The van der Waals surface area contributed by atoms with Crippen LogP contribution in [0.15, 0.2) is 72.8 Å². The third-order valence-electron chi connectivity index (χ3n) is 6.30. The molecule has 3 aromatic rings. The zero-order chi connectivity index (χ0) is 24.0. The Morgan fingerprint density at radius 2 is 1.79 bits per heavy atom. The summed E-state index contributed by atoms with van der Waals surface area (Å²) < 4.78 is 18.2. The zero-order valence-electron chi connectivity index (χ0n) is 19.9. The number of aliphatic hydroxyl groups is 1. The van der Waals surface area contributed by atoms with Crippen LogP contribution >= 0.6 is 11.6 Å². The van der Waals surface area contributed by atoms with Gasteiger partial charge in [-0.2, -0.15) is 0 Å². The molecule has 1 heterocycles. The molecule has 3 atom stereocenters. The number of hydrogen-bond acceptors (Lipinski definition) is 4. The highest BCUT2D eigenvalue weighted by Crippen LogP contribution is 2.39. The number of benzene rings is 3. The Labute approximate surface area is 207 Å². The second kappa shape index (κ2) is 11.4. The molecule has 0 amide bonds. The van der Waals surface area contributed by atoms with Crippen molar-refractivity contribution in [2.45, 2.75) is 57.5 Å². The van der Waals surface area contributed by atoms with Crippen LogP contribution in [0.25, 0.3) is 0 Å². The Morgan fingerprint density at radius 1 is 1.03 bits per heavy atom. The summed E-state index contributed by atoms with van der Waals surface area (Å²) in [5.41, 5.74) is 3.75. The van der Waals surface area contributed by atoms with Crippen molar-refractivity contribution in [2.24, 2.45) is 0 Å². The minimum Gasteiger partial charge on any atom is -0.494 e. The summed E-state index contributed by atoms with van der Waals surface area (Å²) in [4.78, 5) is 0. The molecule has 1 aliphatic heterocycles. The number of aliphatic hydroxyl groups excluding tert-OH is 1. The maximum absolute atomic E-state index is 10.1. The minimum absolute atomic E-state index is 0.0126. The molecule has 0 radical (unpaired) electrons. The average molecular weight is 481 g/mol. The summed E-state index contributed by atoms with van der Waals surface area (Å²) in [5, 5.41) is 10.8. The van der Waals surface area contributed by atoms with E-state index in [4.69, 9.17) is 25.8 Å². The molecule has 5 heteroatoms. The van der Waals surface area contributed by atoms with Gasteiger partial charge in [0, 0.05) is 17.9 Å². The molecule has 1 aliphatic rings. The fourth-order valence-corrected chi connectivity index (χ4v) is 4.67. The van der Waals surface area contributed by atoms with Crippen molar-refractivity contribution >= 4 is 11.6 Å². The zero-order valence-corrected chi connectivity index (χ0v) is 20.6. The van der Waals surface area contributed by atoms with Crippen molar-refractivity contribution in [3.63, 3.8) is 0 Å². The molecule has 1 N–H and O–H groups in total. The minimum atomic E-state index is -0.654. The third-order valence-corrected chi connectivity index (χ3v) is 6.67. The summed E-state index contributed by atoms with van der Waals surface area (Å²) in [7, 11) is 0. The van der Waals surface area contributed by atoms with E-state index in [0.717, 1.165) is 45.9 Å². The monoisotopic (exact) mass is 480 g/mol. The van der Waals surface area contributed by atoms with Crippen LogP contribution in [0.5, 0.6) is 5.75 Å². The predicted octanol–water partition coefficient (Wildman–Crippen LogP) is 6.52. The van der Waals surface area contributed by atoms with Gasteiger partial charge >= 0.3 is 0 Å². The summed E-state index contributed by atoms with van der Waals surface area (Å²) in [6.45, 7) is 5.07. The standard InChI is InChI=1S/C29H33ClO4/c1-3-32-25-12-9-21(10-13-25)15-24-16-23(11-14-27(24)30)28-17-26(18-29(2,20-31)34-28)33-19-22-7-5-4-6-8-22/h4-14,16,26,28,31H,3,15,17-20H2,1-2H3/t26?,28?,29-/m0/s1. The van der Waals surface area contributed by atoms with E-state index in [1.807, 2.05) is 56.3 Å². The fraction of sp³-hybridized carbons (Fsp3) is 0.379. The molecule has 4 nitrogen and oxygen atoms in total. The molecular formula is C29H33ClO4. The van der Waals surface area contributed by atoms with Crippen molar-refractivity contribution in [1.29, 1.82) is 0 Å². The van der Waals surface area contributed by atoms with E-state index in [2.05, 4.69) is 30.3 Å². The van der Waals surface area contributed by atoms with Crippen LogP contribution in [0.3, 0.4) is 0 Å². The van der Waals surface area contributed by atoms with Crippen LogP contribution in [0.2, 0.25) is 5.02 Å². The number of ether oxygens (including phenoxy) is 3. The maximum atomic E-state index is 10.1. The Balaban J connectivity index is 1.49. The fourth-order valence-electron chi connectivity index (χ4n) is 4.49. The van der Waals surface area contributed by atoms with Gasteiger partial charge in [0.1, 0.15) is 5.75 Å². The van der Waals surface area contributed by atoms with Crippen molar-refractivity contribution in [1.82, 2.24) is 0 Å². The van der Waals surface area contributed by atoms with E-state index in [0.29, 0.717) is 19.6 Å². The average Bonchev–Trinajstić information content (AvgIpc) is 2.86. The quantitative estimate of drug-likeness (QED) is 0.379. The van der Waals surface area contributed by atoms with E-state index >= 15 is 0 Å². The van der Waals surface area contributed by atoms with Gasteiger partial charge in [0.25, 0.3) is 0 Å². The molecule has 0 aromatic heterocycles. The van der Waals surface area contributed by atoms with E-state index in [-0.39, 0.29) is 18.8 Å². The molecule has 180 valence electrons. The third kappa shape index (κ3) is 6.39. The lowest BCUT2D eigenvalue weighted by atomic mass is 9.88. The Kier molecular flexibility index (Phi) is 8.28. The van der Waals surface area contributed by atoms with Gasteiger partial charge in [-0.3, -0.25) is 0 Å². The molecule has 3 aromatic carbocycles. The smallest absolute Gasteiger partial charge is 0.119 e. The van der Waals surface area contributed by atoms with E-state index < -0.39 is 5.60 Å². The lowest BCUT2D eigenvalue weighted by Gasteiger charge is -2.42. The van der Waals surface area contributed by atoms with Crippen LogP contribution in [0.1, 0.15) is 55.0 Å². The highest BCUT2D eigenvalue weighted by Gasteiger charge is 2.39. The summed E-state index contributed by atoms with van der Waals surface area (Å²) in [6.07, 6.45) is 1.91. The van der Waals surface area contributed by atoms with Crippen LogP contribution in [0.4, 0.5) is 0 Å². The van der Waals surface area contributed by atoms with Crippen molar-refractivity contribution in [2.75, 3.05) is 13.2 Å². The largest absolute Gasteiger partial charge is 0.494 e. The summed E-state index contributed by atoms with van der Waals surface area (Å²) >= 11 is 6.57. The number of rotatable bonds is 9. The lowest BCUT2D eigenvalue weighted by molar-refractivity contribution is -0.185. The second-order valence-electron chi connectivity index (χ2n) is 9.18. The normalized spacial score (nSPS) is 22.5.